The quantitative estimate of drug-likeness (QED) is 0.825. The van der Waals surface area contributed by atoms with E-state index in [1.165, 1.54) is 50.6 Å². The molecule has 1 aromatic carbocycles. The van der Waals surface area contributed by atoms with Crippen LogP contribution in [0.2, 0.25) is 0 Å². The zero-order chi connectivity index (χ0) is 14.2. The minimum absolute atomic E-state index is 0.525. The van der Waals surface area contributed by atoms with E-state index in [2.05, 4.69) is 42.3 Å². The van der Waals surface area contributed by atoms with Gasteiger partial charge in [0.1, 0.15) is 0 Å². The van der Waals surface area contributed by atoms with Crippen molar-refractivity contribution in [2.75, 3.05) is 20.1 Å². The molecule has 0 heterocycles. The van der Waals surface area contributed by atoms with E-state index in [0.29, 0.717) is 6.04 Å². The highest BCUT2D eigenvalue weighted by atomic mass is 15.1. The molecular weight excluding hydrogens is 244 g/mol. The van der Waals surface area contributed by atoms with Gasteiger partial charge in [0.05, 0.1) is 0 Å². The van der Waals surface area contributed by atoms with E-state index in [-0.39, 0.29) is 0 Å². The largest absolute Gasteiger partial charge is 0.329 e. The highest BCUT2D eigenvalue weighted by Crippen LogP contribution is 2.24. The number of hydrogen-bond acceptors (Lipinski definition) is 2. The molecule has 2 nitrogen and oxygen atoms in total. The number of hydrogen-bond donors (Lipinski definition) is 1. The van der Waals surface area contributed by atoms with Crippen molar-refractivity contribution in [3.8, 4) is 0 Å². The fourth-order valence-electron chi connectivity index (χ4n) is 3.42. The van der Waals surface area contributed by atoms with E-state index in [0.717, 1.165) is 18.9 Å². The third-order valence-electron chi connectivity index (χ3n) is 4.78. The number of aryl methyl sites for hydroxylation is 1. The highest BCUT2D eigenvalue weighted by Gasteiger charge is 2.19. The molecule has 20 heavy (non-hydrogen) atoms. The second-order valence-electron chi connectivity index (χ2n) is 6.36. The first-order valence-corrected chi connectivity index (χ1v) is 8.24. The minimum Gasteiger partial charge on any atom is -0.329 e. The second-order valence-corrected chi connectivity index (χ2v) is 6.36. The summed E-state index contributed by atoms with van der Waals surface area (Å²) in [5, 5.41) is 0. The van der Waals surface area contributed by atoms with Gasteiger partial charge >= 0.3 is 0 Å². The van der Waals surface area contributed by atoms with Crippen molar-refractivity contribution >= 4 is 0 Å². The molecule has 1 fully saturated rings. The molecule has 112 valence electrons. The molecule has 1 saturated carbocycles. The summed E-state index contributed by atoms with van der Waals surface area (Å²) in [6.07, 6.45) is 9.43. The molecule has 0 aliphatic heterocycles. The first-order valence-electron chi connectivity index (χ1n) is 8.24. The van der Waals surface area contributed by atoms with Gasteiger partial charge in [-0.15, -0.1) is 0 Å². The predicted molar refractivity (Wildman–Crippen MR) is 86.8 cm³/mol. The molecule has 0 spiro atoms. The van der Waals surface area contributed by atoms with Gasteiger partial charge < -0.3 is 10.6 Å². The van der Waals surface area contributed by atoms with Gasteiger partial charge in [-0.3, -0.25) is 0 Å². The number of nitrogens with two attached hydrogens (primary N) is 1. The SMILES string of the molecule is CN(CC1CCCCC1)C(CN)CCc1ccccc1. The van der Waals surface area contributed by atoms with Gasteiger partial charge in [-0.1, -0.05) is 49.6 Å². The van der Waals surface area contributed by atoms with Crippen LogP contribution < -0.4 is 5.73 Å². The van der Waals surface area contributed by atoms with Crippen molar-refractivity contribution in [3.63, 3.8) is 0 Å². The number of benzene rings is 1. The summed E-state index contributed by atoms with van der Waals surface area (Å²) in [7, 11) is 2.26. The van der Waals surface area contributed by atoms with Gasteiger partial charge in [-0.05, 0) is 44.2 Å². The molecule has 1 unspecified atom stereocenters. The molecule has 1 aliphatic rings. The van der Waals surface area contributed by atoms with Crippen molar-refractivity contribution in [1.82, 2.24) is 4.90 Å². The van der Waals surface area contributed by atoms with Crippen molar-refractivity contribution in [1.29, 1.82) is 0 Å². The number of nitrogens with zero attached hydrogens (tertiary/aromatic N) is 1. The lowest BCUT2D eigenvalue weighted by molar-refractivity contribution is 0.178. The Bertz CT molecular complexity index is 357. The standard InChI is InChI=1S/C18H30N2/c1-20(15-17-10-6-3-7-11-17)18(14-19)13-12-16-8-4-2-5-9-16/h2,4-5,8-9,17-18H,3,6-7,10-15,19H2,1H3. The molecule has 1 atom stereocenters. The maximum Gasteiger partial charge on any atom is 0.0218 e. The Morgan fingerprint density at radius 1 is 1.15 bits per heavy atom. The molecule has 2 rings (SSSR count). The Morgan fingerprint density at radius 2 is 1.85 bits per heavy atom. The number of likely N-dealkylation sites (N-methyl/N-ethyl adjacent to an activating group) is 1. The Morgan fingerprint density at radius 3 is 2.50 bits per heavy atom. The summed E-state index contributed by atoms with van der Waals surface area (Å²) >= 11 is 0. The lowest BCUT2D eigenvalue weighted by Crippen LogP contribution is -2.41. The van der Waals surface area contributed by atoms with Crippen molar-refractivity contribution < 1.29 is 0 Å². The maximum absolute atomic E-state index is 6.00. The minimum atomic E-state index is 0.525. The number of rotatable bonds is 7. The van der Waals surface area contributed by atoms with Crippen LogP contribution in [-0.4, -0.2) is 31.1 Å². The maximum atomic E-state index is 6.00. The van der Waals surface area contributed by atoms with Crippen molar-refractivity contribution in [3.05, 3.63) is 35.9 Å². The molecule has 0 radical (unpaired) electrons. The summed E-state index contributed by atoms with van der Waals surface area (Å²) < 4.78 is 0. The zero-order valence-corrected chi connectivity index (χ0v) is 12.9. The molecule has 0 aromatic heterocycles. The third-order valence-corrected chi connectivity index (χ3v) is 4.78. The monoisotopic (exact) mass is 274 g/mol. The van der Waals surface area contributed by atoms with Crippen molar-refractivity contribution in [2.24, 2.45) is 11.7 Å². The van der Waals surface area contributed by atoms with Crippen LogP contribution in [0.3, 0.4) is 0 Å². The highest BCUT2D eigenvalue weighted by molar-refractivity contribution is 5.14. The van der Waals surface area contributed by atoms with Crippen LogP contribution in [0.15, 0.2) is 30.3 Å². The van der Waals surface area contributed by atoms with Gasteiger partial charge in [0, 0.05) is 19.1 Å². The van der Waals surface area contributed by atoms with Gasteiger partial charge in [0.15, 0.2) is 0 Å². The first kappa shape index (κ1) is 15.5. The summed E-state index contributed by atoms with van der Waals surface area (Å²) in [4.78, 5) is 2.51. The summed E-state index contributed by atoms with van der Waals surface area (Å²) in [6.45, 7) is 2.01. The molecule has 1 aliphatic carbocycles. The fraction of sp³-hybridized carbons (Fsp3) is 0.667. The second kappa shape index (κ2) is 8.43. The van der Waals surface area contributed by atoms with Crippen LogP contribution >= 0.6 is 0 Å². The normalized spacial score (nSPS) is 18.4. The Hall–Kier alpha value is -0.860. The van der Waals surface area contributed by atoms with E-state index < -0.39 is 0 Å². The van der Waals surface area contributed by atoms with E-state index in [4.69, 9.17) is 5.73 Å². The molecule has 0 bridgehead atoms. The summed E-state index contributed by atoms with van der Waals surface area (Å²) in [5.41, 5.74) is 7.43. The van der Waals surface area contributed by atoms with Crippen molar-refractivity contribution in [2.45, 2.75) is 51.0 Å². The zero-order valence-electron chi connectivity index (χ0n) is 12.9. The topological polar surface area (TPSA) is 29.3 Å². The van der Waals surface area contributed by atoms with E-state index in [1.807, 2.05) is 0 Å². The lowest BCUT2D eigenvalue weighted by atomic mass is 9.88. The third kappa shape index (κ3) is 4.92. The summed E-state index contributed by atoms with van der Waals surface area (Å²) in [5.74, 6) is 0.902. The van der Waals surface area contributed by atoms with E-state index >= 15 is 0 Å². The average molecular weight is 274 g/mol. The molecule has 0 saturated heterocycles. The van der Waals surface area contributed by atoms with E-state index in [9.17, 15) is 0 Å². The van der Waals surface area contributed by atoms with Crippen LogP contribution in [0, 0.1) is 5.92 Å². The van der Waals surface area contributed by atoms with Gasteiger partial charge in [-0.2, -0.15) is 0 Å². The first-order chi connectivity index (χ1) is 9.79. The molecule has 2 N–H and O–H groups in total. The van der Waals surface area contributed by atoms with E-state index in [1.54, 1.807) is 0 Å². The van der Waals surface area contributed by atoms with Gasteiger partial charge in [0.2, 0.25) is 0 Å². The van der Waals surface area contributed by atoms with Crippen LogP contribution in [-0.2, 0) is 6.42 Å². The van der Waals surface area contributed by atoms with Gasteiger partial charge in [0.25, 0.3) is 0 Å². The Balaban J connectivity index is 1.77. The molecular formula is C18H30N2. The average Bonchev–Trinajstić information content (AvgIpc) is 2.50. The van der Waals surface area contributed by atoms with Crippen LogP contribution in [0.25, 0.3) is 0 Å². The predicted octanol–water partition coefficient (Wildman–Crippen LogP) is 3.46. The summed E-state index contributed by atoms with van der Waals surface area (Å²) in [6, 6.07) is 11.3. The van der Waals surface area contributed by atoms with Crippen LogP contribution in [0.1, 0.15) is 44.1 Å². The Kier molecular flexibility index (Phi) is 6.55. The molecule has 0 amide bonds. The lowest BCUT2D eigenvalue weighted by Gasteiger charge is -2.32. The molecule has 1 aromatic rings. The Labute approximate surface area is 124 Å². The van der Waals surface area contributed by atoms with Gasteiger partial charge in [-0.25, -0.2) is 0 Å². The smallest absolute Gasteiger partial charge is 0.0218 e. The fourth-order valence-corrected chi connectivity index (χ4v) is 3.42. The molecule has 2 heteroatoms. The van der Waals surface area contributed by atoms with Crippen LogP contribution in [0.4, 0.5) is 0 Å². The van der Waals surface area contributed by atoms with Crippen LogP contribution in [0.5, 0.6) is 0 Å².